The summed E-state index contributed by atoms with van der Waals surface area (Å²) in [6.07, 6.45) is 7.94. The van der Waals surface area contributed by atoms with Crippen LogP contribution in [0.4, 0.5) is 0 Å². The third kappa shape index (κ3) is 2.02. The fraction of sp³-hybridized carbons (Fsp3) is 0.556. The van der Waals surface area contributed by atoms with Crippen LogP contribution in [0.1, 0.15) is 49.8 Å². The highest BCUT2D eigenvalue weighted by Gasteiger charge is 2.30. The summed E-state index contributed by atoms with van der Waals surface area (Å²) in [6, 6.07) is 6.73. The predicted octanol–water partition coefficient (Wildman–Crippen LogP) is 5.01. The van der Waals surface area contributed by atoms with E-state index in [9.17, 15) is 0 Å². The van der Waals surface area contributed by atoms with Crippen LogP contribution in [0.2, 0.25) is 0 Å². The molecule has 0 heteroatoms. The van der Waals surface area contributed by atoms with Crippen molar-refractivity contribution in [3.05, 3.63) is 40.5 Å². The molecule has 96 valence electrons. The van der Waals surface area contributed by atoms with Gasteiger partial charge in [-0.2, -0.15) is 0 Å². The van der Waals surface area contributed by atoms with E-state index in [-0.39, 0.29) is 0 Å². The second-order valence-electron chi connectivity index (χ2n) is 6.54. The Morgan fingerprint density at radius 3 is 2.67 bits per heavy atom. The molecule has 0 nitrogen and oxygen atoms in total. The van der Waals surface area contributed by atoms with Crippen molar-refractivity contribution in [1.29, 1.82) is 0 Å². The molecule has 3 rings (SSSR count). The molecule has 0 amide bonds. The minimum absolute atomic E-state index is 0.841. The van der Waals surface area contributed by atoms with Crippen LogP contribution >= 0.6 is 0 Å². The zero-order valence-electron chi connectivity index (χ0n) is 11.9. The Kier molecular flexibility index (Phi) is 3.05. The van der Waals surface area contributed by atoms with E-state index in [1.165, 1.54) is 36.8 Å². The minimum atomic E-state index is 0.841. The second kappa shape index (κ2) is 4.57. The van der Waals surface area contributed by atoms with Gasteiger partial charge in [-0.15, -0.1) is 0 Å². The van der Waals surface area contributed by atoms with Crippen molar-refractivity contribution in [2.45, 2.75) is 46.5 Å². The first-order valence-corrected chi connectivity index (χ1v) is 7.44. The average Bonchev–Trinajstić information content (AvgIpc) is 2.74. The maximum absolute atomic E-state index is 2.49. The molecule has 0 aromatic heterocycles. The molecule has 2 aliphatic carbocycles. The van der Waals surface area contributed by atoms with E-state index in [0.717, 1.165) is 17.8 Å². The zero-order chi connectivity index (χ0) is 12.7. The van der Waals surface area contributed by atoms with Crippen molar-refractivity contribution in [1.82, 2.24) is 0 Å². The molecule has 0 N–H and O–H groups in total. The SMILES string of the molecule is Cc1cccc2c1CC(C1CCC(C)CC1C)=C2. The molecular weight excluding hydrogens is 216 g/mol. The van der Waals surface area contributed by atoms with Crippen molar-refractivity contribution in [3.63, 3.8) is 0 Å². The molecule has 2 aliphatic rings. The number of aryl methyl sites for hydroxylation is 1. The molecule has 0 saturated heterocycles. The lowest BCUT2D eigenvalue weighted by Gasteiger charge is -2.33. The number of hydrogen-bond donors (Lipinski definition) is 0. The molecule has 3 unspecified atom stereocenters. The Labute approximate surface area is 111 Å². The molecule has 0 spiro atoms. The summed E-state index contributed by atoms with van der Waals surface area (Å²) in [5.74, 6) is 2.64. The molecule has 1 saturated carbocycles. The molecular formula is C18H24. The van der Waals surface area contributed by atoms with Gasteiger partial charge < -0.3 is 0 Å². The first kappa shape index (κ1) is 12.0. The van der Waals surface area contributed by atoms with Crippen molar-refractivity contribution < 1.29 is 0 Å². The Morgan fingerprint density at radius 2 is 1.94 bits per heavy atom. The third-order valence-corrected chi connectivity index (χ3v) is 5.08. The molecule has 3 atom stereocenters. The van der Waals surface area contributed by atoms with E-state index in [1.54, 1.807) is 11.1 Å². The normalized spacial score (nSPS) is 31.1. The van der Waals surface area contributed by atoms with Gasteiger partial charge in [-0.3, -0.25) is 0 Å². The van der Waals surface area contributed by atoms with E-state index >= 15 is 0 Å². The van der Waals surface area contributed by atoms with Gasteiger partial charge in [0.25, 0.3) is 0 Å². The molecule has 1 aromatic rings. The van der Waals surface area contributed by atoms with Gasteiger partial charge >= 0.3 is 0 Å². The molecule has 0 heterocycles. The van der Waals surface area contributed by atoms with E-state index < -0.39 is 0 Å². The number of allylic oxidation sites excluding steroid dienone is 1. The highest BCUT2D eigenvalue weighted by atomic mass is 14.3. The van der Waals surface area contributed by atoms with Gasteiger partial charge in [0.15, 0.2) is 0 Å². The standard InChI is InChI=1S/C18H24/c1-12-7-8-17(14(3)9-12)16-10-15-6-4-5-13(2)18(15)11-16/h4-6,10,12,14,17H,7-9,11H2,1-3H3. The summed E-state index contributed by atoms with van der Waals surface area (Å²) in [5.41, 5.74) is 6.24. The van der Waals surface area contributed by atoms with Crippen LogP contribution in [0.5, 0.6) is 0 Å². The van der Waals surface area contributed by atoms with E-state index in [0.29, 0.717) is 0 Å². The van der Waals surface area contributed by atoms with Crippen molar-refractivity contribution in [3.8, 4) is 0 Å². The van der Waals surface area contributed by atoms with Gasteiger partial charge in [0.05, 0.1) is 0 Å². The molecule has 0 aliphatic heterocycles. The van der Waals surface area contributed by atoms with Crippen LogP contribution < -0.4 is 0 Å². The van der Waals surface area contributed by atoms with Crippen LogP contribution in [0.15, 0.2) is 23.8 Å². The highest BCUT2D eigenvalue weighted by Crippen LogP contribution is 2.42. The molecule has 0 radical (unpaired) electrons. The van der Waals surface area contributed by atoms with Gasteiger partial charge in [0.2, 0.25) is 0 Å². The van der Waals surface area contributed by atoms with Crippen LogP contribution in [0, 0.1) is 24.7 Å². The largest absolute Gasteiger partial charge is 0.0625 e. The van der Waals surface area contributed by atoms with Gasteiger partial charge in [-0.25, -0.2) is 0 Å². The van der Waals surface area contributed by atoms with Crippen molar-refractivity contribution in [2.24, 2.45) is 17.8 Å². The lowest BCUT2D eigenvalue weighted by Crippen LogP contribution is -2.23. The summed E-state index contributed by atoms with van der Waals surface area (Å²) in [4.78, 5) is 0. The Balaban J connectivity index is 1.83. The van der Waals surface area contributed by atoms with E-state index in [1.807, 2.05) is 0 Å². The van der Waals surface area contributed by atoms with E-state index in [2.05, 4.69) is 45.0 Å². The first-order valence-electron chi connectivity index (χ1n) is 7.44. The molecule has 18 heavy (non-hydrogen) atoms. The zero-order valence-corrected chi connectivity index (χ0v) is 11.9. The number of fused-ring (bicyclic) bond motifs is 1. The maximum Gasteiger partial charge on any atom is -0.00523 e. The van der Waals surface area contributed by atoms with Gasteiger partial charge in [-0.05, 0) is 60.6 Å². The average molecular weight is 240 g/mol. The Hall–Kier alpha value is -1.04. The summed E-state index contributed by atoms with van der Waals surface area (Å²) in [7, 11) is 0. The van der Waals surface area contributed by atoms with Crippen molar-refractivity contribution >= 4 is 6.08 Å². The predicted molar refractivity (Wildman–Crippen MR) is 78.5 cm³/mol. The Bertz CT molecular complexity index is 481. The van der Waals surface area contributed by atoms with Crippen LogP contribution in [0.25, 0.3) is 6.08 Å². The smallest absolute Gasteiger partial charge is 0.00523 e. The van der Waals surface area contributed by atoms with E-state index in [4.69, 9.17) is 0 Å². The second-order valence-corrected chi connectivity index (χ2v) is 6.54. The Morgan fingerprint density at radius 1 is 1.11 bits per heavy atom. The highest BCUT2D eigenvalue weighted by molar-refractivity contribution is 5.65. The summed E-state index contributed by atoms with van der Waals surface area (Å²) in [5, 5.41) is 0. The molecule has 0 bridgehead atoms. The molecule has 1 aromatic carbocycles. The van der Waals surface area contributed by atoms with Gasteiger partial charge in [-0.1, -0.05) is 50.1 Å². The topological polar surface area (TPSA) is 0 Å². The minimum Gasteiger partial charge on any atom is -0.0625 e. The van der Waals surface area contributed by atoms with Crippen LogP contribution in [-0.2, 0) is 6.42 Å². The first-order chi connectivity index (χ1) is 8.65. The maximum atomic E-state index is 2.49. The number of benzene rings is 1. The summed E-state index contributed by atoms with van der Waals surface area (Å²) >= 11 is 0. The summed E-state index contributed by atoms with van der Waals surface area (Å²) < 4.78 is 0. The number of rotatable bonds is 1. The fourth-order valence-corrected chi connectivity index (χ4v) is 4.01. The fourth-order valence-electron chi connectivity index (χ4n) is 4.01. The molecule has 1 fully saturated rings. The van der Waals surface area contributed by atoms with Gasteiger partial charge in [0, 0.05) is 0 Å². The lowest BCUT2D eigenvalue weighted by molar-refractivity contribution is 0.232. The quantitative estimate of drug-likeness (QED) is 0.647. The van der Waals surface area contributed by atoms with Gasteiger partial charge in [0.1, 0.15) is 0 Å². The van der Waals surface area contributed by atoms with Crippen LogP contribution in [0.3, 0.4) is 0 Å². The van der Waals surface area contributed by atoms with Crippen molar-refractivity contribution in [2.75, 3.05) is 0 Å². The monoisotopic (exact) mass is 240 g/mol. The van der Waals surface area contributed by atoms with Crippen LogP contribution in [-0.4, -0.2) is 0 Å². The lowest BCUT2D eigenvalue weighted by atomic mass is 9.72. The summed E-state index contributed by atoms with van der Waals surface area (Å²) in [6.45, 7) is 7.12. The number of hydrogen-bond acceptors (Lipinski definition) is 0. The third-order valence-electron chi connectivity index (χ3n) is 5.08.